The molecular weight excluding hydrogens is 202 g/mol. The van der Waals surface area contributed by atoms with E-state index >= 15 is 0 Å². The molecule has 1 aliphatic rings. The van der Waals surface area contributed by atoms with Crippen LogP contribution in [0.3, 0.4) is 0 Å². The van der Waals surface area contributed by atoms with E-state index in [0.29, 0.717) is 0 Å². The first kappa shape index (κ1) is 10.7. The largest absolute Gasteiger partial charge is 0.481 e. The highest BCUT2D eigenvalue weighted by atomic mass is 16.4. The summed E-state index contributed by atoms with van der Waals surface area (Å²) in [5.74, 6) is -1.22. The van der Waals surface area contributed by atoms with Gasteiger partial charge in [-0.15, -0.1) is 0 Å². The minimum absolute atomic E-state index is 0.439. The van der Waals surface area contributed by atoms with Crippen molar-refractivity contribution in [3.63, 3.8) is 0 Å². The minimum Gasteiger partial charge on any atom is -0.481 e. The molecule has 3 heteroatoms. The molecule has 0 aromatic heterocycles. The monoisotopic (exact) mass is 217 g/mol. The van der Waals surface area contributed by atoms with Crippen LogP contribution in [-0.2, 0) is 4.79 Å². The standard InChI is InChI=1S/C13H15NO2/c1-10(13(15)16)11-4-6-12(7-5-11)14-8-2-3-9-14/h2-7,10H,8-9H2,1H3,(H,15,16). The zero-order valence-electron chi connectivity index (χ0n) is 9.26. The van der Waals surface area contributed by atoms with Gasteiger partial charge in [-0.05, 0) is 24.6 Å². The lowest BCUT2D eigenvalue weighted by Crippen LogP contribution is -2.18. The molecule has 0 radical (unpaired) electrons. The molecule has 0 saturated carbocycles. The van der Waals surface area contributed by atoms with Crippen LogP contribution in [0.5, 0.6) is 0 Å². The smallest absolute Gasteiger partial charge is 0.310 e. The maximum absolute atomic E-state index is 10.8. The molecule has 1 aliphatic heterocycles. The van der Waals surface area contributed by atoms with E-state index in [1.54, 1.807) is 6.92 Å². The average molecular weight is 217 g/mol. The van der Waals surface area contributed by atoms with Gasteiger partial charge >= 0.3 is 5.97 Å². The minimum atomic E-state index is -0.782. The second-order valence-electron chi connectivity index (χ2n) is 4.03. The number of anilines is 1. The van der Waals surface area contributed by atoms with Crippen LogP contribution in [0.2, 0.25) is 0 Å². The number of carboxylic acid groups (broad SMARTS) is 1. The maximum atomic E-state index is 10.8. The Hall–Kier alpha value is -1.77. The Kier molecular flexibility index (Phi) is 2.95. The van der Waals surface area contributed by atoms with Gasteiger partial charge in [0.25, 0.3) is 0 Å². The van der Waals surface area contributed by atoms with Crippen molar-refractivity contribution in [1.29, 1.82) is 0 Å². The molecule has 1 N–H and O–H groups in total. The molecule has 0 aliphatic carbocycles. The van der Waals surface area contributed by atoms with Crippen LogP contribution in [0.25, 0.3) is 0 Å². The lowest BCUT2D eigenvalue weighted by molar-refractivity contribution is -0.138. The Morgan fingerprint density at radius 2 is 1.81 bits per heavy atom. The lowest BCUT2D eigenvalue weighted by atomic mass is 10.0. The maximum Gasteiger partial charge on any atom is 0.310 e. The van der Waals surface area contributed by atoms with Gasteiger partial charge < -0.3 is 10.0 Å². The van der Waals surface area contributed by atoms with Gasteiger partial charge in [-0.1, -0.05) is 24.3 Å². The van der Waals surface area contributed by atoms with E-state index in [1.807, 2.05) is 24.3 Å². The number of hydrogen-bond donors (Lipinski definition) is 1. The molecule has 0 amide bonds. The summed E-state index contributed by atoms with van der Waals surface area (Å²) in [6.07, 6.45) is 4.27. The molecule has 1 aromatic rings. The van der Waals surface area contributed by atoms with Gasteiger partial charge in [0.1, 0.15) is 0 Å². The van der Waals surface area contributed by atoms with E-state index in [4.69, 9.17) is 5.11 Å². The van der Waals surface area contributed by atoms with Crippen molar-refractivity contribution in [3.8, 4) is 0 Å². The summed E-state index contributed by atoms with van der Waals surface area (Å²) in [5.41, 5.74) is 2.00. The molecule has 2 rings (SSSR count). The van der Waals surface area contributed by atoms with Crippen molar-refractivity contribution in [1.82, 2.24) is 0 Å². The van der Waals surface area contributed by atoms with Crippen molar-refractivity contribution in [2.45, 2.75) is 12.8 Å². The molecule has 0 spiro atoms. The van der Waals surface area contributed by atoms with E-state index in [0.717, 1.165) is 24.3 Å². The van der Waals surface area contributed by atoms with Crippen LogP contribution < -0.4 is 4.90 Å². The molecule has 1 unspecified atom stereocenters. The Balaban J connectivity index is 2.13. The number of carboxylic acids is 1. The molecule has 84 valence electrons. The van der Waals surface area contributed by atoms with E-state index in [-0.39, 0.29) is 0 Å². The van der Waals surface area contributed by atoms with Gasteiger partial charge in [0.2, 0.25) is 0 Å². The fourth-order valence-corrected chi connectivity index (χ4v) is 1.81. The third-order valence-corrected chi connectivity index (χ3v) is 2.95. The highest BCUT2D eigenvalue weighted by molar-refractivity contribution is 5.75. The Morgan fingerprint density at radius 1 is 1.25 bits per heavy atom. The van der Waals surface area contributed by atoms with E-state index in [1.165, 1.54) is 0 Å². The Labute approximate surface area is 95.0 Å². The second kappa shape index (κ2) is 4.39. The number of benzene rings is 1. The predicted molar refractivity (Wildman–Crippen MR) is 63.8 cm³/mol. The SMILES string of the molecule is CC(C(=O)O)c1ccc(N2CC=CC2)cc1. The van der Waals surface area contributed by atoms with Crippen molar-refractivity contribution in [2.75, 3.05) is 18.0 Å². The van der Waals surface area contributed by atoms with E-state index in [9.17, 15) is 4.79 Å². The molecular formula is C13H15NO2. The van der Waals surface area contributed by atoms with E-state index < -0.39 is 11.9 Å². The summed E-state index contributed by atoms with van der Waals surface area (Å²) in [6.45, 7) is 3.58. The fourth-order valence-electron chi connectivity index (χ4n) is 1.81. The molecule has 3 nitrogen and oxygen atoms in total. The molecule has 0 saturated heterocycles. The first-order valence-electron chi connectivity index (χ1n) is 5.41. The molecule has 0 bridgehead atoms. The topological polar surface area (TPSA) is 40.5 Å². The van der Waals surface area contributed by atoms with Crippen LogP contribution in [0.15, 0.2) is 36.4 Å². The molecule has 16 heavy (non-hydrogen) atoms. The number of nitrogens with zero attached hydrogens (tertiary/aromatic N) is 1. The summed E-state index contributed by atoms with van der Waals surface area (Å²) in [5, 5.41) is 8.90. The lowest BCUT2D eigenvalue weighted by Gasteiger charge is -2.18. The van der Waals surface area contributed by atoms with Gasteiger partial charge in [0, 0.05) is 18.8 Å². The summed E-state index contributed by atoms with van der Waals surface area (Å²) in [6, 6.07) is 7.77. The van der Waals surface area contributed by atoms with Crippen LogP contribution >= 0.6 is 0 Å². The molecule has 1 atom stereocenters. The first-order valence-corrected chi connectivity index (χ1v) is 5.41. The molecule has 1 aromatic carbocycles. The second-order valence-corrected chi connectivity index (χ2v) is 4.03. The number of rotatable bonds is 3. The van der Waals surface area contributed by atoms with E-state index in [2.05, 4.69) is 17.1 Å². The van der Waals surface area contributed by atoms with Crippen molar-refractivity contribution >= 4 is 11.7 Å². The Morgan fingerprint density at radius 3 is 2.31 bits per heavy atom. The summed E-state index contributed by atoms with van der Waals surface area (Å²) in [4.78, 5) is 13.1. The Bertz CT molecular complexity index is 400. The van der Waals surface area contributed by atoms with Crippen LogP contribution in [0, 0.1) is 0 Å². The summed E-state index contributed by atoms with van der Waals surface area (Å²) < 4.78 is 0. The van der Waals surface area contributed by atoms with Crippen LogP contribution in [0.4, 0.5) is 5.69 Å². The summed E-state index contributed by atoms with van der Waals surface area (Å²) >= 11 is 0. The van der Waals surface area contributed by atoms with Gasteiger partial charge in [-0.2, -0.15) is 0 Å². The van der Waals surface area contributed by atoms with Gasteiger partial charge in [-0.25, -0.2) is 0 Å². The number of hydrogen-bond acceptors (Lipinski definition) is 2. The third kappa shape index (κ3) is 2.08. The van der Waals surface area contributed by atoms with Gasteiger partial charge in [0.05, 0.1) is 5.92 Å². The summed E-state index contributed by atoms with van der Waals surface area (Å²) in [7, 11) is 0. The zero-order valence-corrected chi connectivity index (χ0v) is 9.26. The third-order valence-electron chi connectivity index (χ3n) is 2.95. The van der Waals surface area contributed by atoms with Crippen molar-refractivity contribution in [3.05, 3.63) is 42.0 Å². The van der Waals surface area contributed by atoms with Gasteiger partial charge in [0.15, 0.2) is 0 Å². The average Bonchev–Trinajstić information content (AvgIpc) is 2.81. The normalized spacial score (nSPS) is 16.4. The van der Waals surface area contributed by atoms with Gasteiger partial charge in [-0.3, -0.25) is 4.79 Å². The predicted octanol–water partition coefficient (Wildman–Crippen LogP) is 2.25. The van der Waals surface area contributed by atoms with Crippen LogP contribution in [-0.4, -0.2) is 24.2 Å². The highest BCUT2D eigenvalue weighted by Crippen LogP contribution is 2.21. The highest BCUT2D eigenvalue weighted by Gasteiger charge is 2.14. The van der Waals surface area contributed by atoms with Crippen LogP contribution in [0.1, 0.15) is 18.4 Å². The quantitative estimate of drug-likeness (QED) is 0.789. The fraction of sp³-hybridized carbons (Fsp3) is 0.308. The number of carbonyl (C=O) groups is 1. The van der Waals surface area contributed by atoms with Crippen molar-refractivity contribution < 1.29 is 9.90 Å². The molecule has 0 fully saturated rings. The zero-order chi connectivity index (χ0) is 11.5. The molecule has 1 heterocycles. The van der Waals surface area contributed by atoms with Crippen molar-refractivity contribution in [2.24, 2.45) is 0 Å². The number of aliphatic carboxylic acids is 1. The first-order chi connectivity index (χ1) is 7.68.